The lowest BCUT2D eigenvalue weighted by atomic mass is 9.86. The number of carbonyl (C=O) groups is 1. The summed E-state index contributed by atoms with van der Waals surface area (Å²) < 4.78 is 0. The van der Waals surface area contributed by atoms with E-state index < -0.39 is 0 Å². The molecule has 2 heterocycles. The number of piperidine rings is 1. The molecular weight excluding hydrogens is 386 g/mol. The Kier molecular flexibility index (Phi) is 7.05. The number of hydrogen-bond donors (Lipinski definition) is 1. The molecular formula is C25H35N5O. The van der Waals surface area contributed by atoms with Crippen LogP contribution in [0.25, 0.3) is 0 Å². The third-order valence-corrected chi connectivity index (χ3v) is 6.68. The van der Waals surface area contributed by atoms with Crippen molar-refractivity contribution in [3.8, 4) is 0 Å². The van der Waals surface area contributed by atoms with Crippen molar-refractivity contribution in [3.05, 3.63) is 47.3 Å². The van der Waals surface area contributed by atoms with E-state index in [0.29, 0.717) is 6.54 Å². The summed E-state index contributed by atoms with van der Waals surface area (Å²) in [6, 6.07) is 8.51. The molecule has 1 saturated heterocycles. The number of rotatable bonds is 7. The maximum Gasteiger partial charge on any atom is 0.225 e. The van der Waals surface area contributed by atoms with E-state index in [9.17, 15) is 4.79 Å². The average molecular weight is 422 g/mol. The number of fused-ring (bicyclic) bond motifs is 1. The van der Waals surface area contributed by atoms with Crippen LogP contribution in [0.1, 0.15) is 56.4 Å². The predicted octanol–water partition coefficient (Wildman–Crippen LogP) is 3.73. The summed E-state index contributed by atoms with van der Waals surface area (Å²) in [5, 5.41) is 3.14. The molecule has 0 saturated carbocycles. The van der Waals surface area contributed by atoms with Crippen molar-refractivity contribution >= 4 is 17.5 Å². The molecule has 6 heteroatoms. The van der Waals surface area contributed by atoms with Crippen LogP contribution in [-0.4, -0.2) is 42.1 Å². The largest absolute Gasteiger partial charge is 0.372 e. The molecule has 1 aromatic carbocycles. The SMILES string of the molecule is CCN(CC)c1ccc(CNC(=O)[C@@H]2CCc3nc(N4CCCCC4)ncc3C2)cc1. The number of nitrogens with zero attached hydrogens (tertiary/aromatic N) is 4. The molecule has 1 amide bonds. The smallest absolute Gasteiger partial charge is 0.225 e. The topological polar surface area (TPSA) is 61.4 Å². The molecule has 0 unspecified atom stereocenters. The van der Waals surface area contributed by atoms with Crippen LogP contribution in [0.15, 0.2) is 30.5 Å². The van der Waals surface area contributed by atoms with Crippen LogP contribution >= 0.6 is 0 Å². The fourth-order valence-electron chi connectivity index (χ4n) is 4.71. The molecule has 1 atom stereocenters. The molecule has 31 heavy (non-hydrogen) atoms. The summed E-state index contributed by atoms with van der Waals surface area (Å²) in [5.74, 6) is 1.01. The molecule has 166 valence electrons. The van der Waals surface area contributed by atoms with E-state index in [0.717, 1.165) is 68.2 Å². The van der Waals surface area contributed by atoms with Gasteiger partial charge in [-0.05, 0) is 75.6 Å². The van der Waals surface area contributed by atoms with Gasteiger partial charge >= 0.3 is 0 Å². The number of anilines is 2. The fourth-order valence-corrected chi connectivity index (χ4v) is 4.71. The quantitative estimate of drug-likeness (QED) is 0.738. The van der Waals surface area contributed by atoms with Gasteiger partial charge in [0.05, 0.1) is 0 Å². The van der Waals surface area contributed by atoms with Gasteiger partial charge in [-0.25, -0.2) is 9.97 Å². The van der Waals surface area contributed by atoms with E-state index in [1.165, 1.54) is 24.9 Å². The van der Waals surface area contributed by atoms with E-state index >= 15 is 0 Å². The van der Waals surface area contributed by atoms with E-state index in [1.807, 2.05) is 6.20 Å². The maximum absolute atomic E-state index is 12.8. The highest BCUT2D eigenvalue weighted by molar-refractivity contribution is 5.79. The Morgan fingerprint density at radius 3 is 2.58 bits per heavy atom. The van der Waals surface area contributed by atoms with Crippen LogP contribution in [-0.2, 0) is 24.2 Å². The van der Waals surface area contributed by atoms with Gasteiger partial charge < -0.3 is 15.1 Å². The number of carbonyl (C=O) groups excluding carboxylic acids is 1. The van der Waals surface area contributed by atoms with Crippen LogP contribution < -0.4 is 15.1 Å². The molecule has 1 N–H and O–H groups in total. The molecule has 2 aliphatic rings. The second kappa shape index (κ2) is 10.1. The van der Waals surface area contributed by atoms with Crippen LogP contribution in [0.4, 0.5) is 11.6 Å². The van der Waals surface area contributed by atoms with E-state index in [2.05, 4.69) is 58.2 Å². The summed E-state index contributed by atoms with van der Waals surface area (Å²) in [6.45, 7) is 9.02. The van der Waals surface area contributed by atoms with Gasteiger partial charge in [-0.15, -0.1) is 0 Å². The Morgan fingerprint density at radius 2 is 1.87 bits per heavy atom. The molecule has 1 aliphatic carbocycles. The summed E-state index contributed by atoms with van der Waals surface area (Å²) in [6.07, 6.45) is 8.16. The fraction of sp³-hybridized carbons (Fsp3) is 0.560. The lowest BCUT2D eigenvalue weighted by Gasteiger charge is -2.28. The van der Waals surface area contributed by atoms with Gasteiger partial charge in [-0.2, -0.15) is 0 Å². The number of aryl methyl sites for hydroxylation is 1. The Labute approximate surface area is 186 Å². The molecule has 0 bridgehead atoms. The first-order valence-corrected chi connectivity index (χ1v) is 11.9. The lowest BCUT2D eigenvalue weighted by molar-refractivity contribution is -0.125. The maximum atomic E-state index is 12.8. The van der Waals surface area contributed by atoms with E-state index in [-0.39, 0.29) is 11.8 Å². The number of aromatic nitrogens is 2. The predicted molar refractivity (Wildman–Crippen MR) is 125 cm³/mol. The molecule has 0 spiro atoms. The number of amides is 1. The summed E-state index contributed by atoms with van der Waals surface area (Å²) in [5.41, 5.74) is 4.63. The minimum Gasteiger partial charge on any atom is -0.372 e. The van der Waals surface area contributed by atoms with Crippen molar-refractivity contribution in [1.29, 1.82) is 0 Å². The molecule has 0 radical (unpaired) electrons. The van der Waals surface area contributed by atoms with Crippen LogP contribution in [0.2, 0.25) is 0 Å². The Balaban J connectivity index is 1.31. The minimum atomic E-state index is 0.00637. The van der Waals surface area contributed by atoms with Crippen LogP contribution in [0, 0.1) is 5.92 Å². The first-order valence-electron chi connectivity index (χ1n) is 11.9. The van der Waals surface area contributed by atoms with Crippen LogP contribution in [0.3, 0.4) is 0 Å². The lowest BCUT2D eigenvalue weighted by Crippen LogP contribution is -2.35. The highest BCUT2D eigenvalue weighted by Crippen LogP contribution is 2.26. The minimum absolute atomic E-state index is 0.00637. The molecule has 4 rings (SSSR count). The first-order chi connectivity index (χ1) is 15.2. The van der Waals surface area contributed by atoms with Gasteiger partial charge in [0.15, 0.2) is 0 Å². The van der Waals surface area contributed by atoms with Gasteiger partial charge in [0.2, 0.25) is 11.9 Å². The van der Waals surface area contributed by atoms with Crippen LogP contribution in [0.5, 0.6) is 0 Å². The van der Waals surface area contributed by atoms with Gasteiger partial charge in [-0.1, -0.05) is 12.1 Å². The standard InChI is InChI=1S/C25H35N5O/c1-3-29(4-2)22-11-8-19(9-12-22)17-26-24(31)20-10-13-23-21(16-20)18-27-25(28-23)30-14-6-5-7-15-30/h8-9,11-12,18,20H,3-7,10,13-17H2,1-2H3,(H,26,31)/t20-/m1/s1. The van der Waals surface area contributed by atoms with E-state index in [4.69, 9.17) is 4.98 Å². The third-order valence-electron chi connectivity index (χ3n) is 6.68. The van der Waals surface area contributed by atoms with Gasteiger partial charge in [0, 0.05) is 56.2 Å². The average Bonchev–Trinajstić information content (AvgIpc) is 2.84. The number of nitrogens with one attached hydrogen (secondary N) is 1. The number of hydrogen-bond acceptors (Lipinski definition) is 5. The zero-order valence-corrected chi connectivity index (χ0v) is 18.9. The second-order valence-electron chi connectivity index (χ2n) is 8.69. The number of benzene rings is 1. The van der Waals surface area contributed by atoms with Gasteiger partial charge in [-0.3, -0.25) is 4.79 Å². The Morgan fingerprint density at radius 1 is 1.13 bits per heavy atom. The first kappa shape index (κ1) is 21.6. The van der Waals surface area contributed by atoms with Crippen molar-refractivity contribution in [2.75, 3.05) is 36.0 Å². The summed E-state index contributed by atoms with van der Waals surface area (Å²) in [4.78, 5) is 26.9. The molecule has 1 aliphatic heterocycles. The third kappa shape index (κ3) is 5.17. The van der Waals surface area contributed by atoms with Crippen molar-refractivity contribution in [3.63, 3.8) is 0 Å². The van der Waals surface area contributed by atoms with Gasteiger partial charge in [0.25, 0.3) is 0 Å². The molecule has 1 fully saturated rings. The normalized spacial score (nSPS) is 18.4. The molecule has 2 aromatic rings. The van der Waals surface area contributed by atoms with Crippen molar-refractivity contribution < 1.29 is 4.79 Å². The summed E-state index contributed by atoms with van der Waals surface area (Å²) in [7, 11) is 0. The van der Waals surface area contributed by atoms with Crippen molar-refractivity contribution in [2.24, 2.45) is 5.92 Å². The highest BCUT2D eigenvalue weighted by Gasteiger charge is 2.26. The molecule has 6 nitrogen and oxygen atoms in total. The monoisotopic (exact) mass is 421 g/mol. The van der Waals surface area contributed by atoms with Crippen molar-refractivity contribution in [1.82, 2.24) is 15.3 Å². The van der Waals surface area contributed by atoms with Gasteiger partial charge in [0.1, 0.15) is 0 Å². The Bertz CT molecular complexity index is 872. The second-order valence-corrected chi connectivity index (χ2v) is 8.69. The zero-order valence-electron chi connectivity index (χ0n) is 18.9. The van der Waals surface area contributed by atoms with Crippen molar-refractivity contribution in [2.45, 2.75) is 58.9 Å². The zero-order chi connectivity index (χ0) is 21.6. The summed E-state index contributed by atoms with van der Waals surface area (Å²) >= 11 is 0. The van der Waals surface area contributed by atoms with E-state index in [1.54, 1.807) is 0 Å². The molecule has 1 aromatic heterocycles. The highest BCUT2D eigenvalue weighted by atomic mass is 16.1. The Hall–Kier alpha value is -2.63.